The number of carbonyl (C=O) groups is 1. The van der Waals surface area contributed by atoms with Crippen LogP contribution < -0.4 is 5.32 Å². The monoisotopic (exact) mass is 292 g/mol. The van der Waals surface area contributed by atoms with Gasteiger partial charge in [-0.25, -0.2) is 9.78 Å². The Balaban J connectivity index is 2.19. The molecule has 2 aromatic heterocycles. The molecule has 1 unspecified atom stereocenters. The van der Waals surface area contributed by atoms with Crippen molar-refractivity contribution in [1.29, 1.82) is 0 Å². The first-order valence-electron chi connectivity index (χ1n) is 6.93. The number of anilines is 1. The molecule has 0 radical (unpaired) electrons. The molecule has 0 saturated carbocycles. The highest BCUT2D eigenvalue weighted by Gasteiger charge is 2.16. The maximum Gasteiger partial charge on any atom is 0.339 e. The van der Waals surface area contributed by atoms with Crippen LogP contribution in [-0.2, 0) is 7.05 Å². The lowest BCUT2D eigenvalue weighted by Crippen LogP contribution is -2.11. The smallest absolute Gasteiger partial charge is 0.339 e. The summed E-state index contributed by atoms with van der Waals surface area (Å²) in [6.07, 6.45) is 4.70. The highest BCUT2D eigenvalue weighted by molar-refractivity contribution is 6.03. The predicted molar refractivity (Wildman–Crippen MR) is 79.4 cm³/mol. The van der Waals surface area contributed by atoms with E-state index in [1.54, 1.807) is 17.9 Å². The third kappa shape index (κ3) is 3.30. The second kappa shape index (κ2) is 6.53. The van der Waals surface area contributed by atoms with Gasteiger partial charge in [-0.2, -0.15) is 5.10 Å². The van der Waals surface area contributed by atoms with Crippen LogP contribution >= 0.6 is 0 Å². The molecule has 2 heterocycles. The Hall–Kier alpha value is -2.15. The summed E-state index contributed by atoms with van der Waals surface area (Å²) in [5.41, 5.74) is 1.34. The Morgan fingerprint density at radius 2 is 2.24 bits per heavy atom. The van der Waals surface area contributed by atoms with E-state index in [-0.39, 0.29) is 18.1 Å². The van der Waals surface area contributed by atoms with Crippen LogP contribution in [0, 0.1) is 5.92 Å². The van der Waals surface area contributed by atoms with Crippen molar-refractivity contribution < 1.29 is 15.0 Å². The fraction of sp³-hybridized carbons (Fsp3) is 0.500. The van der Waals surface area contributed by atoms with Gasteiger partial charge in [0.2, 0.25) is 0 Å². The predicted octanol–water partition coefficient (Wildman–Crippen LogP) is 1.49. The van der Waals surface area contributed by atoms with Crippen molar-refractivity contribution in [2.45, 2.75) is 19.8 Å². The molecular formula is C14H20N4O3. The lowest BCUT2D eigenvalue weighted by atomic mass is 10.1. The maximum absolute atomic E-state index is 11.3. The summed E-state index contributed by atoms with van der Waals surface area (Å²) in [7, 11) is 1.77. The third-order valence-corrected chi connectivity index (χ3v) is 3.48. The van der Waals surface area contributed by atoms with Gasteiger partial charge in [0, 0.05) is 26.4 Å². The molecule has 1 atom stereocenters. The molecule has 0 amide bonds. The molecular weight excluding hydrogens is 272 g/mol. The van der Waals surface area contributed by atoms with E-state index in [2.05, 4.69) is 15.4 Å². The molecule has 114 valence electrons. The topological polar surface area (TPSA) is 100 Å². The van der Waals surface area contributed by atoms with Gasteiger partial charge in [-0.05, 0) is 18.8 Å². The molecule has 0 fully saturated rings. The zero-order valence-electron chi connectivity index (χ0n) is 12.2. The number of aromatic carboxylic acids is 1. The molecule has 0 aliphatic rings. The normalized spacial score (nSPS) is 12.5. The molecule has 3 N–H and O–H groups in total. The van der Waals surface area contributed by atoms with E-state index in [9.17, 15) is 9.90 Å². The van der Waals surface area contributed by atoms with Crippen LogP contribution in [-0.4, -0.2) is 44.1 Å². The molecule has 0 aliphatic heterocycles. The Kier molecular flexibility index (Phi) is 4.74. The van der Waals surface area contributed by atoms with Crippen molar-refractivity contribution in [1.82, 2.24) is 14.8 Å². The van der Waals surface area contributed by atoms with Gasteiger partial charge in [-0.15, -0.1) is 0 Å². The van der Waals surface area contributed by atoms with E-state index in [0.717, 1.165) is 12.8 Å². The first-order chi connectivity index (χ1) is 10.0. The van der Waals surface area contributed by atoms with E-state index in [0.29, 0.717) is 23.3 Å². The molecule has 0 aromatic carbocycles. The number of aliphatic hydroxyl groups is 1. The molecule has 0 spiro atoms. The SMILES string of the molecule is CC(CO)CCCNc1c(C(=O)O)cnc2c1cnn2C. The number of aromatic nitrogens is 3. The lowest BCUT2D eigenvalue weighted by molar-refractivity contribution is 0.0697. The highest BCUT2D eigenvalue weighted by Crippen LogP contribution is 2.25. The highest BCUT2D eigenvalue weighted by atomic mass is 16.4. The standard InChI is InChI=1S/C14H20N4O3/c1-9(8-19)4-3-5-15-12-10-7-17-18(2)13(10)16-6-11(12)14(20)21/h6-7,9,19H,3-5,8H2,1-2H3,(H,15,16)(H,20,21). The average Bonchev–Trinajstić information content (AvgIpc) is 2.84. The molecule has 21 heavy (non-hydrogen) atoms. The first-order valence-corrected chi connectivity index (χ1v) is 6.93. The van der Waals surface area contributed by atoms with E-state index in [1.807, 2.05) is 6.92 Å². The summed E-state index contributed by atoms with van der Waals surface area (Å²) in [4.78, 5) is 15.5. The minimum Gasteiger partial charge on any atom is -0.478 e. The van der Waals surface area contributed by atoms with Gasteiger partial charge in [0.15, 0.2) is 5.65 Å². The molecule has 7 nitrogen and oxygen atoms in total. The number of carboxylic acids is 1. The summed E-state index contributed by atoms with van der Waals surface area (Å²) >= 11 is 0. The second-order valence-electron chi connectivity index (χ2n) is 5.21. The number of hydrogen-bond acceptors (Lipinski definition) is 5. The number of aryl methyl sites for hydroxylation is 1. The quantitative estimate of drug-likeness (QED) is 0.668. The van der Waals surface area contributed by atoms with E-state index >= 15 is 0 Å². The van der Waals surface area contributed by atoms with Crippen molar-refractivity contribution in [3.63, 3.8) is 0 Å². The average molecular weight is 292 g/mol. The van der Waals surface area contributed by atoms with Crippen molar-refractivity contribution in [2.75, 3.05) is 18.5 Å². The number of nitrogens with zero attached hydrogens (tertiary/aromatic N) is 3. The zero-order valence-corrected chi connectivity index (χ0v) is 12.2. The summed E-state index contributed by atoms with van der Waals surface area (Å²) in [5, 5.41) is 26.3. The van der Waals surface area contributed by atoms with E-state index in [4.69, 9.17) is 5.11 Å². The maximum atomic E-state index is 11.3. The molecule has 2 rings (SSSR count). The molecule has 2 aromatic rings. The summed E-state index contributed by atoms with van der Waals surface area (Å²) in [6, 6.07) is 0. The first kappa shape index (κ1) is 15.2. The Morgan fingerprint density at radius 1 is 1.48 bits per heavy atom. The number of carboxylic acid groups (broad SMARTS) is 1. The second-order valence-corrected chi connectivity index (χ2v) is 5.21. The fourth-order valence-corrected chi connectivity index (χ4v) is 2.20. The Bertz CT molecular complexity index is 638. The third-order valence-electron chi connectivity index (χ3n) is 3.48. The van der Waals surface area contributed by atoms with Gasteiger partial charge in [0.25, 0.3) is 0 Å². The molecule has 7 heteroatoms. The van der Waals surface area contributed by atoms with Crippen LogP contribution in [0.5, 0.6) is 0 Å². The number of hydrogen-bond donors (Lipinski definition) is 3. The van der Waals surface area contributed by atoms with Gasteiger partial charge in [0.05, 0.1) is 17.3 Å². The van der Waals surface area contributed by atoms with Gasteiger partial charge in [-0.3, -0.25) is 4.68 Å². The largest absolute Gasteiger partial charge is 0.478 e. The summed E-state index contributed by atoms with van der Waals surface area (Å²) < 4.78 is 1.61. The van der Waals surface area contributed by atoms with Crippen LogP contribution in [0.25, 0.3) is 11.0 Å². The zero-order chi connectivity index (χ0) is 15.4. The van der Waals surface area contributed by atoms with Gasteiger partial charge < -0.3 is 15.5 Å². The van der Waals surface area contributed by atoms with E-state index in [1.165, 1.54) is 6.20 Å². The fourth-order valence-electron chi connectivity index (χ4n) is 2.20. The number of rotatable bonds is 7. The van der Waals surface area contributed by atoms with Gasteiger partial charge >= 0.3 is 5.97 Å². The summed E-state index contributed by atoms with van der Waals surface area (Å²) in [5.74, 6) is -0.763. The lowest BCUT2D eigenvalue weighted by Gasteiger charge is -2.12. The van der Waals surface area contributed by atoms with Crippen molar-refractivity contribution in [3.05, 3.63) is 18.0 Å². The van der Waals surface area contributed by atoms with Gasteiger partial charge in [-0.1, -0.05) is 6.92 Å². The number of pyridine rings is 1. The van der Waals surface area contributed by atoms with Crippen LogP contribution in [0.4, 0.5) is 5.69 Å². The molecule has 0 saturated heterocycles. The van der Waals surface area contributed by atoms with Crippen LogP contribution in [0.3, 0.4) is 0 Å². The Labute approximate surface area is 122 Å². The van der Waals surface area contributed by atoms with E-state index < -0.39 is 5.97 Å². The minimum absolute atomic E-state index is 0.144. The Morgan fingerprint density at radius 3 is 2.90 bits per heavy atom. The number of aliphatic hydroxyl groups excluding tert-OH is 1. The molecule has 0 bridgehead atoms. The van der Waals surface area contributed by atoms with Crippen LogP contribution in [0.2, 0.25) is 0 Å². The molecule has 0 aliphatic carbocycles. The van der Waals surface area contributed by atoms with Gasteiger partial charge in [0.1, 0.15) is 5.56 Å². The van der Waals surface area contributed by atoms with Crippen molar-refractivity contribution in [3.8, 4) is 0 Å². The van der Waals surface area contributed by atoms with Crippen LogP contribution in [0.15, 0.2) is 12.4 Å². The number of fused-ring (bicyclic) bond motifs is 1. The van der Waals surface area contributed by atoms with Crippen molar-refractivity contribution in [2.24, 2.45) is 13.0 Å². The minimum atomic E-state index is -1.01. The van der Waals surface area contributed by atoms with Crippen LogP contribution in [0.1, 0.15) is 30.1 Å². The number of nitrogens with one attached hydrogen (secondary N) is 1. The summed E-state index contributed by atoms with van der Waals surface area (Å²) in [6.45, 7) is 2.79. The van der Waals surface area contributed by atoms with Crippen molar-refractivity contribution >= 4 is 22.7 Å².